The zero-order valence-electron chi connectivity index (χ0n) is 15.9. The van der Waals surface area contributed by atoms with Gasteiger partial charge < -0.3 is 24.4 Å². The third kappa shape index (κ3) is 3.09. The molecule has 0 aliphatic rings. The van der Waals surface area contributed by atoms with Gasteiger partial charge in [-0.05, 0) is 53.6 Å². The first-order valence-corrected chi connectivity index (χ1v) is 8.70. The fourth-order valence-electron chi connectivity index (χ4n) is 3.11. The first-order chi connectivity index (χ1) is 13.6. The molecule has 1 heterocycles. The maximum absolute atomic E-state index is 6.00. The molecule has 0 radical (unpaired) electrons. The smallest absolute Gasteiger partial charge is 0.227 e. The van der Waals surface area contributed by atoms with Crippen molar-refractivity contribution in [1.29, 1.82) is 0 Å². The van der Waals surface area contributed by atoms with Gasteiger partial charge in [-0.15, -0.1) is 0 Å². The van der Waals surface area contributed by atoms with Crippen molar-refractivity contribution in [1.82, 2.24) is 4.98 Å². The Morgan fingerprint density at radius 1 is 0.714 bits per heavy atom. The minimum absolute atomic E-state index is 0.508. The lowest BCUT2D eigenvalue weighted by atomic mass is 10.0. The second-order valence-corrected chi connectivity index (χ2v) is 6.23. The lowest BCUT2D eigenvalue weighted by molar-refractivity contribution is 0.355. The molecule has 0 atom stereocenters. The van der Waals surface area contributed by atoms with Crippen LogP contribution in [-0.2, 0) is 0 Å². The molecule has 6 heteroatoms. The van der Waals surface area contributed by atoms with E-state index in [1.807, 2.05) is 42.5 Å². The summed E-state index contributed by atoms with van der Waals surface area (Å²) in [6.07, 6.45) is 0. The Balaban J connectivity index is 1.73. The van der Waals surface area contributed by atoms with E-state index in [-0.39, 0.29) is 0 Å². The molecule has 4 aromatic rings. The summed E-state index contributed by atoms with van der Waals surface area (Å²) in [7, 11) is 4.82. The summed E-state index contributed by atoms with van der Waals surface area (Å²) in [6.45, 7) is 0. The number of aromatic nitrogens is 1. The van der Waals surface area contributed by atoms with Crippen LogP contribution >= 0.6 is 0 Å². The van der Waals surface area contributed by atoms with E-state index in [0.29, 0.717) is 34.4 Å². The van der Waals surface area contributed by atoms with Crippen LogP contribution in [0.5, 0.6) is 17.2 Å². The average Bonchev–Trinajstić information content (AvgIpc) is 3.16. The second-order valence-electron chi connectivity index (χ2n) is 6.23. The highest BCUT2D eigenvalue weighted by atomic mass is 16.5. The van der Waals surface area contributed by atoms with Gasteiger partial charge in [0.05, 0.1) is 27.0 Å². The van der Waals surface area contributed by atoms with Crippen molar-refractivity contribution in [3.8, 4) is 39.8 Å². The molecule has 28 heavy (non-hydrogen) atoms. The quantitative estimate of drug-likeness (QED) is 0.506. The largest absolute Gasteiger partial charge is 0.495 e. The summed E-state index contributed by atoms with van der Waals surface area (Å²) in [5, 5.41) is 0. The first kappa shape index (κ1) is 17.7. The highest BCUT2D eigenvalue weighted by molar-refractivity contribution is 5.83. The van der Waals surface area contributed by atoms with E-state index >= 15 is 0 Å². The number of nitrogens with two attached hydrogens (primary N) is 1. The molecule has 6 nitrogen and oxygen atoms in total. The van der Waals surface area contributed by atoms with Crippen LogP contribution in [0.2, 0.25) is 0 Å². The normalized spacial score (nSPS) is 10.8. The number of anilines is 1. The van der Waals surface area contributed by atoms with Gasteiger partial charge in [0.2, 0.25) is 5.89 Å². The fourth-order valence-corrected chi connectivity index (χ4v) is 3.11. The number of methoxy groups -OCH3 is 3. The molecule has 0 amide bonds. The zero-order valence-corrected chi connectivity index (χ0v) is 15.9. The minimum Gasteiger partial charge on any atom is -0.495 e. The number of ether oxygens (including phenoxy) is 3. The van der Waals surface area contributed by atoms with E-state index < -0.39 is 0 Å². The molecule has 1 aromatic heterocycles. The zero-order chi connectivity index (χ0) is 19.7. The first-order valence-electron chi connectivity index (χ1n) is 8.70. The Kier molecular flexibility index (Phi) is 4.53. The van der Waals surface area contributed by atoms with Gasteiger partial charge in [-0.3, -0.25) is 0 Å². The monoisotopic (exact) mass is 376 g/mol. The summed E-state index contributed by atoms with van der Waals surface area (Å²) in [5.41, 5.74) is 10.8. The highest BCUT2D eigenvalue weighted by Crippen LogP contribution is 2.35. The van der Waals surface area contributed by atoms with Crippen LogP contribution in [0.3, 0.4) is 0 Å². The molecular weight excluding hydrogens is 356 g/mol. The average molecular weight is 376 g/mol. The van der Waals surface area contributed by atoms with Gasteiger partial charge in [0, 0.05) is 5.56 Å². The van der Waals surface area contributed by atoms with E-state index in [1.165, 1.54) is 0 Å². The summed E-state index contributed by atoms with van der Waals surface area (Å²) in [5.74, 6) is 2.49. The standard InChI is InChI=1S/C22H20N2O4/c1-25-18-7-6-15(10-16(18)23)22-24-17-11-13(4-8-19(17)28-22)14-5-9-20(26-2)21(12-14)27-3/h4-12H,23H2,1-3H3. The highest BCUT2D eigenvalue weighted by Gasteiger charge is 2.12. The molecule has 0 bridgehead atoms. The predicted molar refractivity (Wildman–Crippen MR) is 109 cm³/mol. The Morgan fingerprint density at radius 3 is 2.07 bits per heavy atom. The number of nitrogens with zero attached hydrogens (tertiary/aromatic N) is 1. The van der Waals surface area contributed by atoms with Crippen LogP contribution in [0.15, 0.2) is 59.0 Å². The van der Waals surface area contributed by atoms with E-state index in [9.17, 15) is 0 Å². The number of fused-ring (bicyclic) bond motifs is 1. The lowest BCUT2D eigenvalue weighted by Gasteiger charge is -2.09. The van der Waals surface area contributed by atoms with Gasteiger partial charge in [-0.25, -0.2) is 4.98 Å². The van der Waals surface area contributed by atoms with Crippen molar-refractivity contribution in [3.63, 3.8) is 0 Å². The molecule has 0 saturated heterocycles. The predicted octanol–water partition coefficient (Wildman–Crippen LogP) is 4.77. The van der Waals surface area contributed by atoms with Crippen LogP contribution in [0.25, 0.3) is 33.7 Å². The number of benzene rings is 3. The maximum atomic E-state index is 6.00. The van der Waals surface area contributed by atoms with Crippen LogP contribution in [0.4, 0.5) is 5.69 Å². The number of oxazole rings is 1. The number of hydrogen-bond acceptors (Lipinski definition) is 6. The van der Waals surface area contributed by atoms with Crippen molar-refractivity contribution in [3.05, 3.63) is 54.6 Å². The lowest BCUT2D eigenvalue weighted by Crippen LogP contribution is -1.92. The topological polar surface area (TPSA) is 79.7 Å². The van der Waals surface area contributed by atoms with Crippen molar-refractivity contribution in [2.24, 2.45) is 0 Å². The molecule has 3 aromatic carbocycles. The minimum atomic E-state index is 0.508. The van der Waals surface area contributed by atoms with Crippen LogP contribution < -0.4 is 19.9 Å². The van der Waals surface area contributed by atoms with Crippen molar-refractivity contribution >= 4 is 16.8 Å². The molecule has 0 saturated carbocycles. The SMILES string of the molecule is COc1ccc(-c2nc3cc(-c4ccc(OC)c(OC)c4)ccc3o2)cc1N. The van der Waals surface area contributed by atoms with Gasteiger partial charge in [0.1, 0.15) is 11.3 Å². The molecule has 2 N–H and O–H groups in total. The summed E-state index contributed by atoms with van der Waals surface area (Å²) in [4.78, 5) is 4.62. The Bertz CT molecular complexity index is 1150. The fraction of sp³-hybridized carbons (Fsp3) is 0.136. The summed E-state index contributed by atoms with van der Waals surface area (Å²) >= 11 is 0. The van der Waals surface area contributed by atoms with E-state index in [0.717, 1.165) is 22.2 Å². The van der Waals surface area contributed by atoms with Gasteiger partial charge in [0.15, 0.2) is 17.1 Å². The van der Waals surface area contributed by atoms with E-state index in [4.69, 9.17) is 24.4 Å². The Morgan fingerprint density at radius 2 is 1.36 bits per heavy atom. The molecule has 0 aliphatic carbocycles. The van der Waals surface area contributed by atoms with Gasteiger partial charge in [-0.1, -0.05) is 12.1 Å². The molecular formula is C22H20N2O4. The van der Waals surface area contributed by atoms with Gasteiger partial charge >= 0.3 is 0 Å². The molecule has 0 aliphatic heterocycles. The van der Waals surface area contributed by atoms with Crippen LogP contribution in [-0.4, -0.2) is 26.3 Å². The van der Waals surface area contributed by atoms with Gasteiger partial charge in [0.25, 0.3) is 0 Å². The van der Waals surface area contributed by atoms with E-state index in [1.54, 1.807) is 33.5 Å². The number of rotatable bonds is 5. The third-order valence-corrected chi connectivity index (χ3v) is 4.58. The van der Waals surface area contributed by atoms with E-state index in [2.05, 4.69) is 4.98 Å². The Labute approximate surface area is 162 Å². The molecule has 142 valence electrons. The van der Waals surface area contributed by atoms with Crippen molar-refractivity contribution in [2.45, 2.75) is 0 Å². The van der Waals surface area contributed by atoms with Crippen molar-refractivity contribution in [2.75, 3.05) is 27.1 Å². The summed E-state index contributed by atoms with van der Waals surface area (Å²) < 4.78 is 21.8. The maximum Gasteiger partial charge on any atom is 0.227 e. The molecule has 0 unspecified atom stereocenters. The van der Waals surface area contributed by atoms with Gasteiger partial charge in [-0.2, -0.15) is 0 Å². The molecule has 0 fully saturated rings. The molecule has 4 rings (SSSR count). The molecule has 0 spiro atoms. The number of hydrogen-bond donors (Lipinski definition) is 1. The second kappa shape index (κ2) is 7.15. The van der Waals surface area contributed by atoms with Crippen molar-refractivity contribution < 1.29 is 18.6 Å². The summed E-state index contributed by atoms with van der Waals surface area (Å²) in [6, 6.07) is 17.1. The van der Waals surface area contributed by atoms with Crippen LogP contribution in [0, 0.1) is 0 Å². The third-order valence-electron chi connectivity index (χ3n) is 4.58. The van der Waals surface area contributed by atoms with Crippen LogP contribution in [0.1, 0.15) is 0 Å². The Hall–Kier alpha value is -3.67. The number of nitrogen functional groups attached to an aromatic ring is 1.